The Balaban J connectivity index is 1.82. The first-order valence-corrected chi connectivity index (χ1v) is 14.3. The molecule has 0 radical (unpaired) electrons. The quantitative estimate of drug-likeness (QED) is 0.192. The zero-order valence-corrected chi connectivity index (χ0v) is 25.1. The number of ether oxygens (including phenoxy) is 2. The number of hydrogen-bond donors (Lipinski definition) is 0. The average Bonchev–Trinajstić information content (AvgIpc) is 3.60. The summed E-state index contributed by atoms with van der Waals surface area (Å²) in [6.45, 7) is 28.2. The van der Waals surface area contributed by atoms with Crippen LogP contribution in [0.25, 0.3) is 48.1 Å². The molecule has 2 aliphatic carbocycles. The second kappa shape index (κ2) is 13.4. The van der Waals surface area contributed by atoms with Crippen molar-refractivity contribution < 1.29 is 9.47 Å². The molecule has 0 saturated carbocycles. The van der Waals surface area contributed by atoms with Gasteiger partial charge in [-0.05, 0) is 93.8 Å². The Morgan fingerprint density at radius 2 is 1.41 bits per heavy atom. The van der Waals surface area contributed by atoms with Crippen LogP contribution in [0.5, 0.6) is 0 Å². The lowest BCUT2D eigenvalue weighted by atomic mass is 9.89. The van der Waals surface area contributed by atoms with Gasteiger partial charge in [0.15, 0.2) is 11.4 Å². The molecule has 0 spiro atoms. The molecule has 8 nitrogen and oxygen atoms in total. The van der Waals surface area contributed by atoms with E-state index >= 15 is 0 Å². The van der Waals surface area contributed by atoms with E-state index in [4.69, 9.17) is 29.2 Å². The van der Waals surface area contributed by atoms with Crippen LogP contribution < -0.4 is 0 Å². The number of nitriles is 3. The molecule has 0 fully saturated rings. The van der Waals surface area contributed by atoms with Crippen LogP contribution in [0.1, 0.15) is 52.8 Å². The van der Waals surface area contributed by atoms with Crippen LogP contribution in [0.15, 0.2) is 71.9 Å². The molecule has 0 bridgehead atoms. The SMILES string of the molecule is [C-]#[N+]C1=C(c2cccc(C3=C(C#N)c4cc([N+]#[C-])ccc4/C3=C(/COCC)[N+]#[C-])c2)/C(=C(/C#N)COCC)c2ccc(C#N)cc21. The zero-order chi connectivity index (χ0) is 32.8. The van der Waals surface area contributed by atoms with Gasteiger partial charge >= 0.3 is 0 Å². The van der Waals surface area contributed by atoms with Crippen molar-refractivity contribution in [2.24, 2.45) is 0 Å². The molecule has 8 heteroatoms. The number of fused-ring (bicyclic) bond motifs is 2. The maximum absolute atomic E-state index is 10.5. The molecular weight excluding hydrogens is 572 g/mol. The van der Waals surface area contributed by atoms with Crippen LogP contribution in [-0.2, 0) is 9.47 Å². The summed E-state index contributed by atoms with van der Waals surface area (Å²) < 4.78 is 11.3. The first kappa shape index (κ1) is 30.9. The summed E-state index contributed by atoms with van der Waals surface area (Å²) in [6, 6.07) is 24.2. The monoisotopic (exact) mass is 596 g/mol. The molecule has 0 unspecified atom stereocenters. The van der Waals surface area contributed by atoms with Gasteiger partial charge in [-0.25, -0.2) is 14.5 Å². The lowest BCUT2D eigenvalue weighted by Gasteiger charge is -2.15. The second-order valence-corrected chi connectivity index (χ2v) is 10.2. The predicted molar refractivity (Wildman–Crippen MR) is 175 cm³/mol. The zero-order valence-electron chi connectivity index (χ0n) is 25.1. The fourth-order valence-corrected chi connectivity index (χ4v) is 5.81. The Labute approximate surface area is 267 Å². The van der Waals surface area contributed by atoms with Gasteiger partial charge in [0.25, 0.3) is 0 Å². The molecule has 3 aromatic carbocycles. The minimum absolute atomic E-state index is 0.0390. The maximum atomic E-state index is 10.5. The minimum atomic E-state index is 0.0390. The summed E-state index contributed by atoms with van der Waals surface area (Å²) in [7, 11) is 0. The second-order valence-electron chi connectivity index (χ2n) is 10.2. The highest BCUT2D eigenvalue weighted by molar-refractivity contribution is 6.27. The minimum Gasteiger partial charge on any atom is -0.388 e. The van der Waals surface area contributed by atoms with Crippen molar-refractivity contribution >= 4 is 39.2 Å². The molecule has 5 rings (SSSR count). The van der Waals surface area contributed by atoms with E-state index in [-0.39, 0.29) is 13.2 Å². The Hall–Kier alpha value is -6.52. The summed E-state index contributed by atoms with van der Waals surface area (Å²) in [5.74, 6) is 0. The van der Waals surface area contributed by atoms with Crippen molar-refractivity contribution in [3.8, 4) is 18.2 Å². The molecule has 0 saturated heterocycles. The summed E-state index contributed by atoms with van der Waals surface area (Å²) >= 11 is 0. The van der Waals surface area contributed by atoms with Gasteiger partial charge < -0.3 is 9.47 Å². The lowest BCUT2D eigenvalue weighted by molar-refractivity contribution is 0.173. The third-order valence-corrected chi connectivity index (χ3v) is 7.75. The van der Waals surface area contributed by atoms with Gasteiger partial charge in [0.1, 0.15) is 6.07 Å². The fraction of sp³-hybridized carbons (Fsp3) is 0.158. The highest BCUT2D eigenvalue weighted by Gasteiger charge is 2.33. The third-order valence-electron chi connectivity index (χ3n) is 7.75. The van der Waals surface area contributed by atoms with E-state index in [2.05, 4.69) is 32.7 Å². The summed E-state index contributed by atoms with van der Waals surface area (Å²) in [5, 5.41) is 30.3. The van der Waals surface area contributed by atoms with Gasteiger partial charge in [0.2, 0.25) is 5.70 Å². The highest BCUT2D eigenvalue weighted by atomic mass is 16.5. The van der Waals surface area contributed by atoms with Crippen molar-refractivity contribution in [2.45, 2.75) is 13.8 Å². The summed E-state index contributed by atoms with van der Waals surface area (Å²) in [6.07, 6.45) is 0. The van der Waals surface area contributed by atoms with Crippen LogP contribution in [0.3, 0.4) is 0 Å². The lowest BCUT2D eigenvalue weighted by Crippen LogP contribution is -2.01. The standard InChI is InChI=1S/C38H24N6O2/c1-6-45-21-26(19-40)35-29-13-11-23(18-39)15-31(29)38(44-5)36(35)25-10-8-9-24(16-25)34-32(20-41)30-17-27(42-3)12-14-28(30)37(34)33(43-4)22-46-7-2/h8-17H,6-7,21-22H2,1-2H3/b35-26-,37-33+. The number of rotatable bonds is 8. The Kier molecular flexibility index (Phi) is 9.02. The van der Waals surface area contributed by atoms with Gasteiger partial charge in [-0.1, -0.05) is 36.4 Å². The van der Waals surface area contributed by atoms with Crippen LogP contribution >= 0.6 is 0 Å². The first-order chi connectivity index (χ1) is 22.5. The Morgan fingerprint density at radius 1 is 0.717 bits per heavy atom. The number of benzene rings is 3. The van der Waals surface area contributed by atoms with Crippen molar-refractivity contribution in [1.29, 1.82) is 15.8 Å². The number of nitrogens with zero attached hydrogens (tertiary/aromatic N) is 6. The molecule has 0 amide bonds. The highest BCUT2D eigenvalue weighted by Crippen LogP contribution is 2.52. The Morgan fingerprint density at radius 3 is 2.04 bits per heavy atom. The Bertz CT molecular complexity index is 2040. The van der Waals surface area contributed by atoms with Crippen LogP contribution in [0, 0.1) is 53.7 Å². The number of allylic oxidation sites excluding steroid dienone is 5. The van der Waals surface area contributed by atoms with Gasteiger partial charge in [-0.3, -0.25) is 0 Å². The van der Waals surface area contributed by atoms with E-state index in [0.29, 0.717) is 103 Å². The van der Waals surface area contributed by atoms with Crippen molar-refractivity contribution in [1.82, 2.24) is 0 Å². The van der Waals surface area contributed by atoms with Crippen LogP contribution in [0.4, 0.5) is 5.69 Å². The molecule has 218 valence electrons. The third kappa shape index (κ3) is 5.25. The van der Waals surface area contributed by atoms with Crippen LogP contribution in [-0.4, -0.2) is 26.4 Å². The molecule has 0 aromatic heterocycles. The average molecular weight is 597 g/mol. The van der Waals surface area contributed by atoms with Crippen molar-refractivity contribution in [3.05, 3.63) is 145 Å². The smallest absolute Gasteiger partial charge is 0.203 e. The van der Waals surface area contributed by atoms with E-state index in [1.165, 1.54) is 0 Å². The van der Waals surface area contributed by atoms with Gasteiger partial charge in [-0.15, -0.1) is 0 Å². The molecule has 0 N–H and O–H groups in total. The van der Waals surface area contributed by atoms with Crippen molar-refractivity contribution in [2.75, 3.05) is 26.4 Å². The van der Waals surface area contributed by atoms with E-state index in [0.717, 1.165) is 0 Å². The topological polar surface area (TPSA) is 103 Å². The molecule has 2 aliphatic rings. The molecule has 0 aliphatic heterocycles. The predicted octanol–water partition coefficient (Wildman–Crippen LogP) is 8.34. The normalized spacial score (nSPS) is 15.0. The fourth-order valence-electron chi connectivity index (χ4n) is 5.81. The largest absolute Gasteiger partial charge is 0.388 e. The molecule has 3 aromatic rings. The first-order valence-electron chi connectivity index (χ1n) is 14.3. The number of hydrogen-bond acceptors (Lipinski definition) is 5. The van der Waals surface area contributed by atoms with Crippen molar-refractivity contribution in [3.63, 3.8) is 0 Å². The molecule has 0 heterocycles. The van der Waals surface area contributed by atoms with Gasteiger partial charge in [0.05, 0.1) is 61.8 Å². The van der Waals surface area contributed by atoms with E-state index in [1.807, 2.05) is 38.1 Å². The molecule has 46 heavy (non-hydrogen) atoms. The van der Waals surface area contributed by atoms with Gasteiger partial charge in [0, 0.05) is 13.2 Å². The van der Waals surface area contributed by atoms with E-state index in [9.17, 15) is 15.8 Å². The maximum Gasteiger partial charge on any atom is 0.203 e. The van der Waals surface area contributed by atoms with Gasteiger partial charge in [-0.2, -0.15) is 15.8 Å². The molecular formula is C38H24N6O2. The van der Waals surface area contributed by atoms with E-state index < -0.39 is 0 Å². The summed E-state index contributed by atoms with van der Waals surface area (Å²) in [4.78, 5) is 11.2. The van der Waals surface area contributed by atoms with E-state index in [1.54, 1.807) is 36.4 Å². The molecule has 0 atom stereocenters. The van der Waals surface area contributed by atoms with Crippen LogP contribution in [0.2, 0.25) is 0 Å². The summed E-state index contributed by atoms with van der Waals surface area (Å²) in [5.41, 5.74) is 7.88.